The minimum atomic E-state index is -0.255. The zero-order valence-corrected chi connectivity index (χ0v) is 39.1. The molecule has 0 N–H and O–H groups in total. The molecule has 0 unspecified atom stereocenters. The molecule has 0 aliphatic heterocycles. The van der Waals surface area contributed by atoms with E-state index < -0.39 is 0 Å². The quantitative estimate of drug-likeness (QED) is 0.172. The fourth-order valence-corrected chi connectivity index (χ4v) is 9.76. The van der Waals surface area contributed by atoms with E-state index in [-0.39, 0.29) is 27.1 Å². The molecule has 7 aromatic carbocycles. The van der Waals surface area contributed by atoms with Crippen LogP contribution in [0.3, 0.4) is 0 Å². The van der Waals surface area contributed by atoms with Gasteiger partial charge in [-0.25, -0.2) is 0 Å². The molecule has 2 heteroatoms. The molecule has 0 bridgehead atoms. The molecule has 9 rings (SSSR count). The van der Waals surface area contributed by atoms with Crippen molar-refractivity contribution in [2.75, 3.05) is 4.90 Å². The molecule has 310 valence electrons. The minimum Gasteiger partial charge on any atom is -0.310 e. The zero-order chi connectivity index (χ0) is 43.6. The highest BCUT2D eigenvalue weighted by molar-refractivity contribution is 6.13. The molecule has 0 fully saturated rings. The Labute approximate surface area is 365 Å². The Hall–Kier alpha value is -5.60. The lowest BCUT2D eigenvalue weighted by atomic mass is 9.81. The molecule has 0 atom stereocenters. The molecule has 1 heterocycles. The van der Waals surface area contributed by atoms with E-state index in [0.29, 0.717) is 0 Å². The van der Waals surface area contributed by atoms with Gasteiger partial charge in [-0.1, -0.05) is 164 Å². The van der Waals surface area contributed by atoms with Crippen molar-refractivity contribution in [2.24, 2.45) is 0 Å². The Bertz CT molecular complexity index is 2870. The molecule has 0 spiro atoms. The van der Waals surface area contributed by atoms with E-state index in [4.69, 9.17) is 0 Å². The van der Waals surface area contributed by atoms with Gasteiger partial charge in [-0.3, -0.25) is 0 Å². The first kappa shape index (κ1) is 40.8. The van der Waals surface area contributed by atoms with Gasteiger partial charge in [0.15, 0.2) is 0 Å². The van der Waals surface area contributed by atoms with Crippen molar-refractivity contribution >= 4 is 49.6 Å². The van der Waals surface area contributed by atoms with E-state index in [1.165, 1.54) is 88.5 Å². The van der Waals surface area contributed by atoms with Crippen LogP contribution in [0.25, 0.3) is 49.4 Å². The van der Waals surface area contributed by atoms with Crippen molar-refractivity contribution < 1.29 is 0 Å². The highest BCUT2D eigenvalue weighted by Crippen LogP contribution is 2.55. The topological polar surface area (TPSA) is 8.17 Å². The Balaban J connectivity index is 1.25. The molecule has 61 heavy (non-hydrogen) atoms. The number of fused-ring (bicyclic) bond motifs is 8. The van der Waals surface area contributed by atoms with Crippen LogP contribution < -0.4 is 4.90 Å². The molecule has 0 amide bonds. The molecular weight excluding hydrogens is 737 g/mol. The van der Waals surface area contributed by atoms with Gasteiger partial charge in [0.2, 0.25) is 0 Å². The van der Waals surface area contributed by atoms with Gasteiger partial charge in [-0.05, 0) is 138 Å². The smallest absolute Gasteiger partial charge is 0.0544 e. The fourth-order valence-electron chi connectivity index (χ4n) is 9.76. The number of rotatable bonds is 4. The van der Waals surface area contributed by atoms with Crippen molar-refractivity contribution in [3.8, 4) is 16.8 Å². The highest BCUT2D eigenvalue weighted by Gasteiger charge is 2.38. The van der Waals surface area contributed by atoms with E-state index in [0.717, 1.165) is 11.4 Å². The molecule has 8 aromatic rings. The predicted molar refractivity (Wildman–Crippen MR) is 265 cm³/mol. The van der Waals surface area contributed by atoms with E-state index in [9.17, 15) is 0 Å². The van der Waals surface area contributed by atoms with Crippen LogP contribution in [0.2, 0.25) is 0 Å². The van der Waals surface area contributed by atoms with Gasteiger partial charge < -0.3 is 9.47 Å². The van der Waals surface area contributed by atoms with Gasteiger partial charge in [-0.2, -0.15) is 0 Å². The van der Waals surface area contributed by atoms with Gasteiger partial charge in [-0.15, -0.1) is 0 Å². The van der Waals surface area contributed by atoms with Crippen molar-refractivity contribution in [2.45, 2.75) is 124 Å². The molecule has 1 aromatic heterocycles. The van der Waals surface area contributed by atoms with Crippen LogP contribution in [-0.4, -0.2) is 4.57 Å². The third-order valence-corrected chi connectivity index (χ3v) is 13.6. The van der Waals surface area contributed by atoms with Crippen molar-refractivity contribution in [1.29, 1.82) is 0 Å². The van der Waals surface area contributed by atoms with Crippen LogP contribution in [-0.2, 0) is 27.1 Å². The lowest BCUT2D eigenvalue weighted by molar-refractivity contribution is 0.590. The average molecular weight is 801 g/mol. The molecule has 1 aliphatic rings. The van der Waals surface area contributed by atoms with E-state index in [1.807, 2.05) is 0 Å². The molecular formula is C59H64N2. The van der Waals surface area contributed by atoms with Crippen LogP contribution in [0.4, 0.5) is 17.1 Å². The maximum absolute atomic E-state index is 2.56. The first-order chi connectivity index (χ1) is 28.5. The standard InChI is InChI=1S/C59H64N2/c1-55(2,3)37-19-25-41(26-20-37)60(42-27-21-38(22-28-42)56(4,5)6)43-29-30-46-49(35-43)59(13,14)50-36-53(44-17-15-16-18-45(44)54(46)50)61-51-31-23-39(57(7,8)9)33-47(51)48-34-40(58(10,11)12)24-32-52(48)61/h15-36H,1-14H3. The van der Waals surface area contributed by atoms with Crippen LogP contribution >= 0.6 is 0 Å². The summed E-state index contributed by atoms with van der Waals surface area (Å²) in [6.45, 7) is 32.5. The van der Waals surface area contributed by atoms with Crippen molar-refractivity contribution in [1.82, 2.24) is 4.57 Å². The van der Waals surface area contributed by atoms with Crippen LogP contribution in [0, 0.1) is 0 Å². The summed E-state index contributed by atoms with van der Waals surface area (Å²) in [7, 11) is 0. The van der Waals surface area contributed by atoms with Crippen LogP contribution in [0.15, 0.2) is 133 Å². The third kappa shape index (κ3) is 6.78. The number of hydrogen-bond donors (Lipinski definition) is 0. The number of anilines is 3. The highest BCUT2D eigenvalue weighted by atomic mass is 15.1. The lowest BCUT2D eigenvalue weighted by Crippen LogP contribution is -2.17. The van der Waals surface area contributed by atoms with Crippen molar-refractivity contribution in [3.05, 3.63) is 167 Å². The zero-order valence-electron chi connectivity index (χ0n) is 39.1. The Kier molecular flexibility index (Phi) is 9.16. The van der Waals surface area contributed by atoms with Gasteiger partial charge in [0.05, 0.1) is 16.7 Å². The van der Waals surface area contributed by atoms with Crippen molar-refractivity contribution in [3.63, 3.8) is 0 Å². The monoisotopic (exact) mass is 801 g/mol. The first-order valence-electron chi connectivity index (χ1n) is 22.4. The number of hydrogen-bond acceptors (Lipinski definition) is 1. The second-order valence-electron chi connectivity index (χ2n) is 22.4. The number of aromatic nitrogens is 1. The first-order valence-corrected chi connectivity index (χ1v) is 22.4. The second kappa shape index (κ2) is 13.7. The Morgan fingerprint density at radius 3 is 1.28 bits per heavy atom. The number of benzene rings is 7. The normalized spacial score (nSPS) is 14.2. The summed E-state index contributed by atoms with van der Waals surface area (Å²) < 4.78 is 2.56. The largest absolute Gasteiger partial charge is 0.310 e. The lowest BCUT2D eigenvalue weighted by Gasteiger charge is -2.29. The van der Waals surface area contributed by atoms with Gasteiger partial charge in [0, 0.05) is 38.6 Å². The van der Waals surface area contributed by atoms with Gasteiger partial charge in [0.25, 0.3) is 0 Å². The van der Waals surface area contributed by atoms with E-state index in [2.05, 4.69) is 240 Å². The molecule has 0 radical (unpaired) electrons. The number of nitrogens with zero attached hydrogens (tertiary/aromatic N) is 2. The summed E-state index contributed by atoms with van der Waals surface area (Å²) in [5.41, 5.74) is 18.0. The van der Waals surface area contributed by atoms with Gasteiger partial charge in [0.1, 0.15) is 0 Å². The van der Waals surface area contributed by atoms with Gasteiger partial charge >= 0.3 is 0 Å². The summed E-state index contributed by atoms with van der Waals surface area (Å²) in [6.07, 6.45) is 0. The third-order valence-electron chi connectivity index (χ3n) is 13.6. The maximum atomic E-state index is 2.56. The summed E-state index contributed by atoms with van der Waals surface area (Å²) >= 11 is 0. The van der Waals surface area contributed by atoms with E-state index in [1.54, 1.807) is 0 Å². The minimum absolute atomic E-state index is 0.0422. The molecule has 0 saturated heterocycles. The summed E-state index contributed by atoms with van der Waals surface area (Å²) in [4.78, 5) is 2.44. The molecule has 0 saturated carbocycles. The second-order valence-corrected chi connectivity index (χ2v) is 22.4. The molecule has 2 nitrogen and oxygen atoms in total. The summed E-state index contributed by atoms with van der Waals surface area (Å²) in [5.74, 6) is 0. The van der Waals surface area contributed by atoms with Crippen LogP contribution in [0.1, 0.15) is 130 Å². The maximum Gasteiger partial charge on any atom is 0.0544 e. The van der Waals surface area contributed by atoms with E-state index >= 15 is 0 Å². The predicted octanol–water partition coefficient (Wildman–Crippen LogP) is 16.9. The molecule has 1 aliphatic carbocycles. The average Bonchev–Trinajstić information content (AvgIpc) is 3.64. The van der Waals surface area contributed by atoms with Crippen LogP contribution in [0.5, 0.6) is 0 Å². The summed E-state index contributed by atoms with van der Waals surface area (Å²) in [6, 6.07) is 51.6. The summed E-state index contributed by atoms with van der Waals surface area (Å²) in [5, 5.41) is 5.20. The SMILES string of the molecule is CC(C)(C)c1ccc(N(c2ccc(C(C)(C)C)cc2)c2ccc3c(c2)C(C)(C)c2cc(-n4c5ccc(C(C)(C)C)cc5c5cc(C(C)(C)C)ccc54)c4ccccc4c2-3)cc1. The Morgan fingerprint density at radius 1 is 0.393 bits per heavy atom. The fraction of sp³-hybridized carbons (Fsp3) is 0.322. The Morgan fingerprint density at radius 2 is 0.820 bits per heavy atom.